The van der Waals surface area contributed by atoms with Crippen LogP contribution in [0.3, 0.4) is 0 Å². The molecule has 3 unspecified atom stereocenters. The van der Waals surface area contributed by atoms with Gasteiger partial charge in [-0.05, 0) is 25.7 Å². The zero-order valence-corrected chi connectivity index (χ0v) is 11.9. The van der Waals surface area contributed by atoms with Crippen LogP contribution in [-0.2, 0) is 9.47 Å². The van der Waals surface area contributed by atoms with E-state index in [1.165, 1.54) is 12.8 Å². The average Bonchev–Trinajstić information content (AvgIpc) is 2.87. The van der Waals surface area contributed by atoms with Crippen molar-refractivity contribution in [2.24, 2.45) is 0 Å². The summed E-state index contributed by atoms with van der Waals surface area (Å²) in [5, 5.41) is 13.2. The minimum absolute atomic E-state index is 0.244. The van der Waals surface area contributed by atoms with E-state index >= 15 is 0 Å². The third-order valence-corrected chi connectivity index (χ3v) is 3.41. The molecule has 1 heterocycles. The van der Waals surface area contributed by atoms with E-state index in [9.17, 15) is 5.11 Å². The smallest absolute Gasteiger partial charge is 0.0897 e. The summed E-state index contributed by atoms with van der Waals surface area (Å²) in [7, 11) is 0. The van der Waals surface area contributed by atoms with Crippen LogP contribution in [0.15, 0.2) is 0 Å². The van der Waals surface area contributed by atoms with E-state index in [1.54, 1.807) is 0 Å². The van der Waals surface area contributed by atoms with E-state index in [1.807, 2.05) is 0 Å². The van der Waals surface area contributed by atoms with Crippen molar-refractivity contribution in [3.8, 4) is 0 Å². The lowest BCUT2D eigenvalue weighted by atomic mass is 10.1. The molecule has 0 saturated carbocycles. The number of nitrogens with one attached hydrogen (secondary N) is 1. The van der Waals surface area contributed by atoms with Gasteiger partial charge in [0.1, 0.15) is 0 Å². The largest absolute Gasteiger partial charge is 0.389 e. The van der Waals surface area contributed by atoms with Gasteiger partial charge in [0.2, 0.25) is 0 Å². The molecule has 1 rings (SSSR count). The standard InChI is InChI=1S/C14H29NO3/c1-3-6-12(4-2)15-9-13(16)10-17-11-14-7-5-8-18-14/h12-16H,3-11H2,1-2H3. The van der Waals surface area contributed by atoms with Crippen molar-refractivity contribution in [3.63, 3.8) is 0 Å². The van der Waals surface area contributed by atoms with E-state index in [0.717, 1.165) is 25.9 Å². The van der Waals surface area contributed by atoms with Crippen molar-refractivity contribution in [3.05, 3.63) is 0 Å². The molecule has 4 nitrogen and oxygen atoms in total. The van der Waals surface area contributed by atoms with Gasteiger partial charge >= 0.3 is 0 Å². The third-order valence-electron chi connectivity index (χ3n) is 3.41. The first-order valence-corrected chi connectivity index (χ1v) is 7.37. The van der Waals surface area contributed by atoms with Crippen LogP contribution in [0.25, 0.3) is 0 Å². The lowest BCUT2D eigenvalue weighted by molar-refractivity contribution is -0.0170. The summed E-state index contributed by atoms with van der Waals surface area (Å²) in [6.07, 6.45) is 5.50. The topological polar surface area (TPSA) is 50.7 Å². The monoisotopic (exact) mass is 259 g/mol. The van der Waals surface area contributed by atoms with Crippen molar-refractivity contribution >= 4 is 0 Å². The first-order valence-electron chi connectivity index (χ1n) is 7.37. The van der Waals surface area contributed by atoms with Gasteiger partial charge in [0.05, 0.1) is 25.4 Å². The fourth-order valence-corrected chi connectivity index (χ4v) is 2.27. The summed E-state index contributed by atoms with van der Waals surface area (Å²) >= 11 is 0. The molecule has 18 heavy (non-hydrogen) atoms. The molecular weight excluding hydrogens is 230 g/mol. The van der Waals surface area contributed by atoms with E-state index in [2.05, 4.69) is 19.2 Å². The molecule has 4 heteroatoms. The lowest BCUT2D eigenvalue weighted by Gasteiger charge is -2.19. The van der Waals surface area contributed by atoms with Gasteiger partial charge in [-0.1, -0.05) is 20.3 Å². The summed E-state index contributed by atoms with van der Waals surface area (Å²) in [5.41, 5.74) is 0. The molecule has 0 aliphatic carbocycles. The van der Waals surface area contributed by atoms with Crippen molar-refractivity contribution < 1.29 is 14.6 Å². The van der Waals surface area contributed by atoms with Gasteiger partial charge in [-0.2, -0.15) is 0 Å². The zero-order chi connectivity index (χ0) is 13.2. The summed E-state index contributed by atoms with van der Waals surface area (Å²) < 4.78 is 11.0. The molecule has 0 aromatic heterocycles. The number of aliphatic hydroxyl groups excluding tert-OH is 1. The lowest BCUT2D eigenvalue weighted by Crippen LogP contribution is -2.37. The first kappa shape index (κ1) is 15.9. The summed E-state index contributed by atoms with van der Waals surface area (Å²) in [5.74, 6) is 0. The Morgan fingerprint density at radius 1 is 1.44 bits per heavy atom. The Kier molecular flexibility index (Phi) is 8.59. The van der Waals surface area contributed by atoms with Crippen LogP contribution in [0.5, 0.6) is 0 Å². The van der Waals surface area contributed by atoms with Crippen LogP contribution in [0.2, 0.25) is 0 Å². The Morgan fingerprint density at radius 2 is 2.28 bits per heavy atom. The molecule has 1 aliphatic rings. The molecule has 0 bridgehead atoms. The number of ether oxygens (including phenoxy) is 2. The molecule has 0 radical (unpaired) electrons. The Labute approximate surface area is 111 Å². The fraction of sp³-hybridized carbons (Fsp3) is 1.00. The van der Waals surface area contributed by atoms with Crippen LogP contribution in [0, 0.1) is 0 Å². The van der Waals surface area contributed by atoms with Gasteiger partial charge < -0.3 is 19.9 Å². The Hall–Kier alpha value is -0.160. The molecule has 1 aliphatic heterocycles. The molecule has 1 saturated heterocycles. The molecule has 2 N–H and O–H groups in total. The Morgan fingerprint density at radius 3 is 2.89 bits per heavy atom. The predicted octanol–water partition coefficient (Wildman–Crippen LogP) is 1.71. The highest BCUT2D eigenvalue weighted by atomic mass is 16.5. The second-order valence-corrected chi connectivity index (χ2v) is 5.13. The Bertz CT molecular complexity index is 195. The highest BCUT2D eigenvalue weighted by Crippen LogP contribution is 2.11. The van der Waals surface area contributed by atoms with Crippen molar-refractivity contribution in [1.29, 1.82) is 0 Å². The molecule has 0 aromatic carbocycles. The quantitative estimate of drug-likeness (QED) is 0.627. The molecular formula is C14H29NO3. The second-order valence-electron chi connectivity index (χ2n) is 5.13. The fourth-order valence-electron chi connectivity index (χ4n) is 2.27. The SMILES string of the molecule is CCCC(CC)NCC(O)COCC1CCCO1. The highest BCUT2D eigenvalue weighted by molar-refractivity contribution is 4.68. The van der Waals surface area contributed by atoms with Gasteiger partial charge in [0, 0.05) is 19.2 Å². The second kappa shape index (κ2) is 9.73. The molecule has 3 atom stereocenters. The minimum atomic E-state index is -0.419. The van der Waals surface area contributed by atoms with E-state index in [-0.39, 0.29) is 6.10 Å². The zero-order valence-electron chi connectivity index (χ0n) is 11.9. The van der Waals surface area contributed by atoms with Crippen molar-refractivity contribution in [2.75, 3.05) is 26.4 Å². The van der Waals surface area contributed by atoms with Crippen LogP contribution < -0.4 is 5.32 Å². The number of hydrogen-bond donors (Lipinski definition) is 2. The van der Waals surface area contributed by atoms with Crippen molar-refractivity contribution in [1.82, 2.24) is 5.32 Å². The predicted molar refractivity (Wildman–Crippen MR) is 72.8 cm³/mol. The minimum Gasteiger partial charge on any atom is -0.389 e. The van der Waals surface area contributed by atoms with Crippen LogP contribution in [-0.4, -0.2) is 49.7 Å². The first-order chi connectivity index (χ1) is 8.76. The maximum absolute atomic E-state index is 9.81. The van der Waals surface area contributed by atoms with Gasteiger partial charge in [-0.15, -0.1) is 0 Å². The third kappa shape index (κ3) is 6.69. The molecule has 108 valence electrons. The molecule has 0 amide bonds. The number of hydrogen-bond acceptors (Lipinski definition) is 4. The van der Waals surface area contributed by atoms with E-state index < -0.39 is 6.10 Å². The van der Waals surface area contributed by atoms with Crippen LogP contribution in [0.1, 0.15) is 46.0 Å². The number of aliphatic hydroxyl groups is 1. The Balaban J connectivity index is 2.00. The van der Waals surface area contributed by atoms with Gasteiger partial charge in [0.15, 0.2) is 0 Å². The maximum atomic E-state index is 9.81. The summed E-state index contributed by atoms with van der Waals surface area (Å²) in [6, 6.07) is 0.516. The maximum Gasteiger partial charge on any atom is 0.0897 e. The number of rotatable bonds is 10. The molecule has 0 spiro atoms. The summed E-state index contributed by atoms with van der Waals surface area (Å²) in [6.45, 7) is 6.84. The van der Waals surface area contributed by atoms with Crippen molar-refractivity contribution in [2.45, 2.75) is 64.2 Å². The van der Waals surface area contributed by atoms with E-state index in [4.69, 9.17) is 9.47 Å². The van der Waals surface area contributed by atoms with Crippen LogP contribution in [0.4, 0.5) is 0 Å². The average molecular weight is 259 g/mol. The highest BCUT2D eigenvalue weighted by Gasteiger charge is 2.16. The molecule has 1 fully saturated rings. The van der Waals surface area contributed by atoms with Gasteiger partial charge in [-0.25, -0.2) is 0 Å². The normalized spacial score (nSPS) is 23.2. The molecule has 0 aromatic rings. The van der Waals surface area contributed by atoms with Crippen LogP contribution >= 0.6 is 0 Å². The van der Waals surface area contributed by atoms with E-state index in [0.29, 0.717) is 25.8 Å². The van der Waals surface area contributed by atoms with Gasteiger partial charge in [0.25, 0.3) is 0 Å². The van der Waals surface area contributed by atoms with Gasteiger partial charge in [-0.3, -0.25) is 0 Å². The summed E-state index contributed by atoms with van der Waals surface area (Å²) in [4.78, 5) is 0.